The average molecular weight is 270 g/mol. The van der Waals surface area contributed by atoms with Crippen LogP contribution in [0.2, 0.25) is 0 Å². The van der Waals surface area contributed by atoms with Crippen LogP contribution in [0, 0.1) is 5.92 Å². The molecule has 0 bridgehead atoms. The summed E-state index contributed by atoms with van der Waals surface area (Å²) in [5, 5.41) is 3.15. The molecular weight excluding hydrogens is 240 g/mol. The lowest BCUT2D eigenvalue weighted by Gasteiger charge is -2.27. The Hall–Kier alpha value is -0.610. The maximum atomic E-state index is 11.5. The zero-order valence-electron chi connectivity index (χ0n) is 12.5. The van der Waals surface area contributed by atoms with Gasteiger partial charge in [0.2, 0.25) is 5.91 Å². The third-order valence-electron chi connectivity index (χ3n) is 4.19. The molecule has 4 heteroatoms. The van der Waals surface area contributed by atoms with E-state index in [1.807, 2.05) is 13.8 Å². The Balaban J connectivity index is 2.22. The fraction of sp³-hybridized carbons (Fsp3) is 0.933. The van der Waals surface area contributed by atoms with Crippen LogP contribution < -0.4 is 11.1 Å². The zero-order chi connectivity index (χ0) is 14.1. The van der Waals surface area contributed by atoms with Crippen LogP contribution in [0.4, 0.5) is 0 Å². The SMILES string of the molecule is CCNC(C)(CCOCC1CCCCCC1)C(N)=O. The van der Waals surface area contributed by atoms with E-state index in [0.717, 1.165) is 13.2 Å². The summed E-state index contributed by atoms with van der Waals surface area (Å²) in [6.07, 6.45) is 8.64. The molecule has 1 amide bonds. The highest BCUT2D eigenvalue weighted by molar-refractivity contribution is 5.84. The smallest absolute Gasteiger partial charge is 0.237 e. The molecule has 1 aliphatic rings. The second-order valence-electron chi connectivity index (χ2n) is 5.91. The number of amides is 1. The Morgan fingerprint density at radius 2 is 1.95 bits per heavy atom. The van der Waals surface area contributed by atoms with E-state index in [2.05, 4.69) is 5.32 Å². The summed E-state index contributed by atoms with van der Waals surface area (Å²) in [5.74, 6) is 0.411. The first-order valence-corrected chi connectivity index (χ1v) is 7.71. The number of likely N-dealkylation sites (N-methyl/N-ethyl adjacent to an activating group) is 1. The van der Waals surface area contributed by atoms with Gasteiger partial charge in [0.1, 0.15) is 0 Å². The minimum atomic E-state index is -0.641. The molecule has 1 saturated carbocycles. The van der Waals surface area contributed by atoms with E-state index in [0.29, 0.717) is 18.9 Å². The van der Waals surface area contributed by atoms with E-state index < -0.39 is 5.54 Å². The molecule has 1 rings (SSSR count). The lowest BCUT2D eigenvalue weighted by atomic mass is 9.97. The summed E-state index contributed by atoms with van der Waals surface area (Å²) in [5.41, 5.74) is 4.81. The van der Waals surface area contributed by atoms with Gasteiger partial charge >= 0.3 is 0 Å². The van der Waals surface area contributed by atoms with Gasteiger partial charge in [0, 0.05) is 13.2 Å². The summed E-state index contributed by atoms with van der Waals surface area (Å²) < 4.78 is 5.77. The van der Waals surface area contributed by atoms with Gasteiger partial charge in [-0.1, -0.05) is 32.6 Å². The summed E-state index contributed by atoms with van der Waals surface area (Å²) in [4.78, 5) is 11.5. The standard InChI is InChI=1S/C15H30N2O2/c1-3-17-15(2,14(16)18)10-11-19-12-13-8-6-4-5-7-9-13/h13,17H,3-12H2,1-2H3,(H2,16,18). The number of hydrogen-bond donors (Lipinski definition) is 2. The first kappa shape index (κ1) is 16.4. The maximum Gasteiger partial charge on any atom is 0.237 e. The topological polar surface area (TPSA) is 64.3 Å². The molecule has 1 fully saturated rings. The van der Waals surface area contributed by atoms with Crippen molar-refractivity contribution in [1.82, 2.24) is 5.32 Å². The van der Waals surface area contributed by atoms with E-state index >= 15 is 0 Å². The van der Waals surface area contributed by atoms with Gasteiger partial charge < -0.3 is 15.8 Å². The van der Waals surface area contributed by atoms with E-state index in [-0.39, 0.29) is 5.91 Å². The third-order valence-corrected chi connectivity index (χ3v) is 4.19. The molecule has 4 nitrogen and oxygen atoms in total. The van der Waals surface area contributed by atoms with Crippen LogP contribution in [-0.4, -0.2) is 31.2 Å². The van der Waals surface area contributed by atoms with E-state index in [9.17, 15) is 4.79 Å². The maximum absolute atomic E-state index is 11.5. The van der Waals surface area contributed by atoms with Gasteiger partial charge in [-0.15, -0.1) is 0 Å². The van der Waals surface area contributed by atoms with Crippen LogP contribution in [0.3, 0.4) is 0 Å². The Morgan fingerprint density at radius 1 is 1.32 bits per heavy atom. The summed E-state index contributed by atoms with van der Waals surface area (Å²) in [6.45, 7) is 6.01. The summed E-state index contributed by atoms with van der Waals surface area (Å²) in [6, 6.07) is 0. The number of nitrogens with one attached hydrogen (secondary N) is 1. The number of primary amides is 1. The van der Waals surface area contributed by atoms with Gasteiger partial charge in [0.15, 0.2) is 0 Å². The highest BCUT2D eigenvalue weighted by Gasteiger charge is 2.29. The monoisotopic (exact) mass is 270 g/mol. The first-order valence-electron chi connectivity index (χ1n) is 7.71. The van der Waals surface area contributed by atoms with Gasteiger partial charge in [-0.2, -0.15) is 0 Å². The van der Waals surface area contributed by atoms with Gasteiger partial charge in [-0.05, 0) is 38.6 Å². The Morgan fingerprint density at radius 3 is 2.47 bits per heavy atom. The molecule has 0 saturated heterocycles. The molecule has 0 radical (unpaired) electrons. The lowest BCUT2D eigenvalue weighted by Crippen LogP contribution is -2.53. The van der Waals surface area contributed by atoms with Crippen LogP contribution in [-0.2, 0) is 9.53 Å². The van der Waals surface area contributed by atoms with Crippen molar-refractivity contribution in [3.8, 4) is 0 Å². The average Bonchev–Trinajstić information content (AvgIpc) is 2.63. The molecule has 19 heavy (non-hydrogen) atoms. The molecular formula is C15H30N2O2. The molecule has 0 aromatic heterocycles. The Kier molecular flexibility index (Phi) is 7.39. The van der Waals surface area contributed by atoms with Gasteiger partial charge in [0.25, 0.3) is 0 Å². The number of hydrogen-bond acceptors (Lipinski definition) is 3. The Bertz CT molecular complexity index is 263. The summed E-state index contributed by atoms with van der Waals surface area (Å²) >= 11 is 0. The third kappa shape index (κ3) is 5.91. The molecule has 112 valence electrons. The van der Waals surface area contributed by atoms with Crippen molar-refractivity contribution in [2.45, 2.75) is 64.3 Å². The van der Waals surface area contributed by atoms with Crippen molar-refractivity contribution >= 4 is 5.91 Å². The minimum absolute atomic E-state index is 0.299. The second-order valence-corrected chi connectivity index (χ2v) is 5.91. The van der Waals surface area contributed by atoms with Crippen molar-refractivity contribution in [3.05, 3.63) is 0 Å². The number of rotatable bonds is 8. The Labute approximate surface area is 117 Å². The first-order chi connectivity index (χ1) is 9.08. The normalized spacial score (nSPS) is 20.7. The number of nitrogens with two attached hydrogens (primary N) is 1. The van der Waals surface area contributed by atoms with E-state index in [1.165, 1.54) is 38.5 Å². The molecule has 0 aromatic rings. The fourth-order valence-electron chi connectivity index (χ4n) is 2.75. The largest absolute Gasteiger partial charge is 0.381 e. The van der Waals surface area contributed by atoms with E-state index in [1.54, 1.807) is 0 Å². The highest BCUT2D eigenvalue weighted by atomic mass is 16.5. The lowest BCUT2D eigenvalue weighted by molar-refractivity contribution is -0.124. The predicted molar refractivity (Wildman–Crippen MR) is 77.9 cm³/mol. The molecule has 0 aliphatic heterocycles. The molecule has 0 heterocycles. The predicted octanol–water partition coefficient (Wildman–Crippen LogP) is 2.22. The van der Waals surface area contributed by atoms with Crippen LogP contribution in [0.25, 0.3) is 0 Å². The minimum Gasteiger partial charge on any atom is -0.381 e. The quantitative estimate of drug-likeness (QED) is 0.525. The zero-order valence-corrected chi connectivity index (χ0v) is 12.5. The van der Waals surface area contributed by atoms with Gasteiger partial charge in [-0.3, -0.25) is 4.79 Å². The van der Waals surface area contributed by atoms with Crippen molar-refractivity contribution < 1.29 is 9.53 Å². The number of carbonyl (C=O) groups is 1. The molecule has 0 aromatic carbocycles. The van der Waals surface area contributed by atoms with Gasteiger partial charge in [-0.25, -0.2) is 0 Å². The van der Waals surface area contributed by atoms with Gasteiger partial charge in [0.05, 0.1) is 5.54 Å². The second kappa shape index (κ2) is 8.54. The van der Waals surface area contributed by atoms with Crippen LogP contribution in [0.5, 0.6) is 0 Å². The van der Waals surface area contributed by atoms with Crippen LogP contribution >= 0.6 is 0 Å². The molecule has 1 unspecified atom stereocenters. The van der Waals surface area contributed by atoms with Crippen LogP contribution in [0.1, 0.15) is 58.8 Å². The number of ether oxygens (including phenoxy) is 1. The van der Waals surface area contributed by atoms with Crippen molar-refractivity contribution in [1.29, 1.82) is 0 Å². The van der Waals surface area contributed by atoms with Crippen LogP contribution in [0.15, 0.2) is 0 Å². The highest BCUT2D eigenvalue weighted by Crippen LogP contribution is 2.23. The summed E-state index contributed by atoms with van der Waals surface area (Å²) in [7, 11) is 0. The van der Waals surface area contributed by atoms with Crippen molar-refractivity contribution in [2.75, 3.05) is 19.8 Å². The number of carbonyl (C=O) groups excluding carboxylic acids is 1. The molecule has 1 atom stereocenters. The van der Waals surface area contributed by atoms with Crippen molar-refractivity contribution in [3.63, 3.8) is 0 Å². The molecule has 0 spiro atoms. The van der Waals surface area contributed by atoms with Crippen molar-refractivity contribution in [2.24, 2.45) is 11.7 Å². The fourth-order valence-corrected chi connectivity index (χ4v) is 2.75. The molecule has 3 N–H and O–H groups in total. The molecule has 1 aliphatic carbocycles. The van der Waals surface area contributed by atoms with E-state index in [4.69, 9.17) is 10.5 Å².